The van der Waals surface area contributed by atoms with Crippen molar-refractivity contribution < 1.29 is 65.4 Å². The summed E-state index contributed by atoms with van der Waals surface area (Å²) < 4.78 is 4.65. The molecule has 7 nitrogen and oxygen atoms in total. The SMILES string of the molecule is CCCCOC(=O)CC(O)(CC(=O)O)C(=O)O.[H-].[Na+]. The predicted molar refractivity (Wildman–Crippen MR) is 56.4 cm³/mol. The van der Waals surface area contributed by atoms with Crippen LogP contribution in [0.25, 0.3) is 0 Å². The summed E-state index contributed by atoms with van der Waals surface area (Å²) in [6, 6.07) is 0. The zero-order chi connectivity index (χ0) is 13.5. The second-order valence-electron chi connectivity index (χ2n) is 3.66. The number of unbranched alkanes of at least 4 members (excludes halogenated alkanes) is 1. The Labute approximate surface area is 128 Å². The summed E-state index contributed by atoms with van der Waals surface area (Å²) >= 11 is 0. The Morgan fingerprint density at radius 3 is 2.17 bits per heavy atom. The van der Waals surface area contributed by atoms with Gasteiger partial charge in [-0.2, -0.15) is 0 Å². The quantitative estimate of drug-likeness (QED) is 0.246. The number of ether oxygens (including phenoxy) is 1. The molecule has 1 atom stereocenters. The Bertz CT molecular complexity index is 310. The Kier molecular flexibility index (Phi) is 10.2. The molecule has 0 aromatic carbocycles. The van der Waals surface area contributed by atoms with Crippen LogP contribution in [0.2, 0.25) is 0 Å². The summed E-state index contributed by atoms with van der Waals surface area (Å²) in [5, 5.41) is 26.6. The van der Waals surface area contributed by atoms with E-state index in [0.29, 0.717) is 6.42 Å². The molecule has 0 aliphatic carbocycles. The standard InChI is InChI=1S/C10H16O7.Na.H/c1-2-3-4-17-8(13)6-10(16,9(14)15)5-7(11)12;;/h16H,2-6H2,1H3,(H,11,12)(H,14,15);;/q;+1;-1. The summed E-state index contributed by atoms with van der Waals surface area (Å²) in [6.45, 7) is 2.00. The van der Waals surface area contributed by atoms with Gasteiger partial charge in [0.2, 0.25) is 0 Å². The van der Waals surface area contributed by atoms with Crippen molar-refractivity contribution in [2.24, 2.45) is 0 Å². The van der Waals surface area contributed by atoms with Crippen LogP contribution >= 0.6 is 0 Å². The van der Waals surface area contributed by atoms with Gasteiger partial charge in [0, 0.05) is 0 Å². The minimum atomic E-state index is -2.62. The number of aliphatic hydroxyl groups is 1. The molecule has 100 valence electrons. The molecule has 0 rings (SSSR count). The second kappa shape index (κ2) is 9.32. The van der Waals surface area contributed by atoms with Gasteiger partial charge in [0.05, 0.1) is 19.4 Å². The van der Waals surface area contributed by atoms with E-state index in [-0.39, 0.29) is 37.6 Å². The second-order valence-corrected chi connectivity index (χ2v) is 3.66. The summed E-state index contributed by atoms with van der Waals surface area (Å²) in [5.41, 5.74) is -2.62. The average molecular weight is 272 g/mol. The van der Waals surface area contributed by atoms with E-state index in [0.717, 1.165) is 6.42 Å². The fourth-order valence-electron chi connectivity index (χ4n) is 1.08. The van der Waals surface area contributed by atoms with Crippen molar-refractivity contribution in [3.05, 3.63) is 0 Å². The molecule has 0 aromatic rings. The van der Waals surface area contributed by atoms with Crippen LogP contribution in [0.15, 0.2) is 0 Å². The number of carbonyl (C=O) groups excluding carboxylic acids is 1. The van der Waals surface area contributed by atoms with E-state index in [9.17, 15) is 19.5 Å². The molecule has 0 spiro atoms. The molecular formula is C10H17NaO7. The minimum Gasteiger partial charge on any atom is -1.00 e. The monoisotopic (exact) mass is 272 g/mol. The molecule has 0 radical (unpaired) electrons. The minimum absolute atomic E-state index is 0. The number of esters is 1. The molecule has 0 fully saturated rings. The zero-order valence-corrected chi connectivity index (χ0v) is 12.5. The number of hydrogen-bond donors (Lipinski definition) is 3. The Morgan fingerprint density at radius 2 is 1.78 bits per heavy atom. The smallest absolute Gasteiger partial charge is 1.00 e. The third-order valence-electron chi connectivity index (χ3n) is 2.04. The number of rotatable bonds is 8. The van der Waals surface area contributed by atoms with Gasteiger partial charge in [-0.15, -0.1) is 0 Å². The van der Waals surface area contributed by atoms with Crippen LogP contribution in [0.5, 0.6) is 0 Å². The summed E-state index contributed by atoms with van der Waals surface area (Å²) in [4.78, 5) is 32.3. The summed E-state index contributed by atoms with van der Waals surface area (Å²) in [7, 11) is 0. The first-order valence-electron chi connectivity index (χ1n) is 5.15. The molecule has 0 bridgehead atoms. The number of carboxylic acid groups (broad SMARTS) is 2. The molecule has 1 unspecified atom stereocenters. The first-order valence-corrected chi connectivity index (χ1v) is 5.15. The van der Waals surface area contributed by atoms with Crippen molar-refractivity contribution in [1.29, 1.82) is 0 Å². The van der Waals surface area contributed by atoms with Gasteiger partial charge in [0.15, 0.2) is 5.60 Å². The van der Waals surface area contributed by atoms with Crippen LogP contribution in [0.1, 0.15) is 34.0 Å². The van der Waals surface area contributed by atoms with Crippen molar-refractivity contribution in [3.8, 4) is 0 Å². The van der Waals surface area contributed by atoms with Gasteiger partial charge in [-0.3, -0.25) is 9.59 Å². The molecule has 8 heteroatoms. The van der Waals surface area contributed by atoms with Gasteiger partial charge in [-0.05, 0) is 6.42 Å². The topological polar surface area (TPSA) is 121 Å². The van der Waals surface area contributed by atoms with E-state index in [1.807, 2.05) is 6.92 Å². The van der Waals surface area contributed by atoms with Crippen molar-refractivity contribution >= 4 is 17.9 Å². The predicted octanol–water partition coefficient (Wildman–Crippen LogP) is -2.87. The molecule has 0 saturated heterocycles. The van der Waals surface area contributed by atoms with Crippen molar-refractivity contribution in [3.63, 3.8) is 0 Å². The van der Waals surface area contributed by atoms with E-state index >= 15 is 0 Å². The molecule has 3 N–H and O–H groups in total. The van der Waals surface area contributed by atoms with E-state index in [4.69, 9.17) is 10.2 Å². The molecular weight excluding hydrogens is 255 g/mol. The first-order chi connectivity index (χ1) is 7.81. The van der Waals surface area contributed by atoms with Gasteiger partial charge in [0.25, 0.3) is 0 Å². The summed E-state index contributed by atoms with van der Waals surface area (Å²) in [6.07, 6.45) is -0.509. The van der Waals surface area contributed by atoms with Crippen LogP contribution in [-0.2, 0) is 19.1 Å². The number of carbonyl (C=O) groups is 3. The molecule has 18 heavy (non-hydrogen) atoms. The van der Waals surface area contributed by atoms with Crippen molar-refractivity contribution in [2.45, 2.75) is 38.2 Å². The van der Waals surface area contributed by atoms with Crippen LogP contribution < -0.4 is 29.6 Å². The maximum Gasteiger partial charge on any atom is 1.00 e. The van der Waals surface area contributed by atoms with Crippen LogP contribution in [0.3, 0.4) is 0 Å². The van der Waals surface area contributed by atoms with Gasteiger partial charge >= 0.3 is 47.5 Å². The zero-order valence-electron chi connectivity index (χ0n) is 11.5. The summed E-state index contributed by atoms with van der Waals surface area (Å²) in [5.74, 6) is -4.19. The Hall–Kier alpha value is -0.630. The van der Waals surface area contributed by atoms with E-state index in [1.54, 1.807) is 0 Å². The van der Waals surface area contributed by atoms with E-state index in [1.165, 1.54) is 0 Å². The first kappa shape index (κ1) is 19.7. The van der Waals surface area contributed by atoms with Gasteiger partial charge in [-0.25, -0.2) is 4.79 Å². The number of carboxylic acids is 2. The maximum atomic E-state index is 11.2. The Morgan fingerprint density at radius 1 is 1.22 bits per heavy atom. The van der Waals surface area contributed by atoms with Gasteiger partial charge < -0.3 is 21.5 Å². The fraction of sp³-hybridized carbons (Fsp3) is 0.700. The van der Waals surface area contributed by atoms with Crippen LogP contribution in [0.4, 0.5) is 0 Å². The largest absolute Gasteiger partial charge is 1.00 e. The van der Waals surface area contributed by atoms with E-state index in [2.05, 4.69) is 4.74 Å². The molecule has 0 heterocycles. The molecule has 0 saturated carbocycles. The normalized spacial score (nSPS) is 13.0. The van der Waals surface area contributed by atoms with Gasteiger partial charge in [0.1, 0.15) is 0 Å². The molecule has 0 aliphatic rings. The number of aliphatic carboxylic acids is 2. The third-order valence-corrected chi connectivity index (χ3v) is 2.04. The number of hydrogen-bond acceptors (Lipinski definition) is 5. The van der Waals surface area contributed by atoms with E-state index < -0.39 is 36.4 Å². The van der Waals surface area contributed by atoms with Gasteiger partial charge in [-0.1, -0.05) is 13.3 Å². The average Bonchev–Trinajstić information content (AvgIpc) is 2.16. The Balaban J connectivity index is -0.00000128. The molecule has 0 aliphatic heterocycles. The molecule has 0 amide bonds. The maximum absolute atomic E-state index is 11.2. The van der Waals surface area contributed by atoms with Crippen LogP contribution in [0, 0.1) is 0 Å². The van der Waals surface area contributed by atoms with Crippen LogP contribution in [-0.4, -0.2) is 45.4 Å². The van der Waals surface area contributed by atoms with Crippen molar-refractivity contribution in [2.75, 3.05) is 6.61 Å². The molecule has 0 aromatic heterocycles. The third kappa shape index (κ3) is 7.65. The van der Waals surface area contributed by atoms with Crippen molar-refractivity contribution in [1.82, 2.24) is 0 Å². The fourth-order valence-corrected chi connectivity index (χ4v) is 1.08.